The molecule has 0 saturated carbocycles. The van der Waals surface area contributed by atoms with Crippen LogP contribution in [0.1, 0.15) is 52.7 Å². The van der Waals surface area contributed by atoms with Crippen LogP contribution in [-0.2, 0) is 10.8 Å². The van der Waals surface area contributed by atoms with E-state index in [2.05, 4.69) is 272 Å². The van der Waals surface area contributed by atoms with Gasteiger partial charge in [0.15, 0.2) is 0 Å². The zero-order valence-corrected chi connectivity index (χ0v) is 40.3. The smallest absolute Gasteiger partial charge is 0.143 e. The highest BCUT2D eigenvalue weighted by molar-refractivity contribution is 6.14. The van der Waals surface area contributed by atoms with E-state index in [-0.39, 0.29) is 10.8 Å². The summed E-state index contributed by atoms with van der Waals surface area (Å²) in [4.78, 5) is 0. The minimum absolute atomic E-state index is 0.107. The van der Waals surface area contributed by atoms with Crippen molar-refractivity contribution in [2.45, 2.75) is 52.4 Å². The van der Waals surface area contributed by atoms with Gasteiger partial charge in [0.1, 0.15) is 11.2 Å². The van der Waals surface area contributed by atoms with E-state index in [1.165, 1.54) is 66.8 Å². The molecule has 1 heterocycles. The molecule has 11 aromatic rings. The Balaban J connectivity index is 1.10. The minimum atomic E-state index is -0.107. The predicted molar refractivity (Wildman–Crippen MR) is 295 cm³/mol. The Bertz CT molecular complexity index is 3280. The summed E-state index contributed by atoms with van der Waals surface area (Å²) in [6, 6.07) is 84.3. The molecule has 0 aliphatic carbocycles. The van der Waals surface area contributed by atoms with Gasteiger partial charge in [-0.25, -0.2) is 0 Å². The average Bonchev–Trinajstić information content (AvgIpc) is 3.77. The lowest BCUT2D eigenvalue weighted by Crippen LogP contribution is -2.11. The van der Waals surface area contributed by atoms with Gasteiger partial charge in [-0.05, 0) is 173 Å². The van der Waals surface area contributed by atoms with Gasteiger partial charge >= 0.3 is 0 Å². The lowest BCUT2D eigenvalue weighted by atomic mass is 9.82. The van der Waals surface area contributed by atoms with Crippen LogP contribution in [0.2, 0.25) is 0 Å². The highest BCUT2D eigenvalue weighted by Gasteiger charge is 2.25. The van der Waals surface area contributed by atoms with Crippen molar-refractivity contribution in [1.82, 2.24) is 0 Å². The number of hydrogen-bond acceptors (Lipinski definition) is 1. The molecular weight excluding hydrogens is 833 g/mol. The van der Waals surface area contributed by atoms with E-state index in [1.807, 2.05) is 0 Å². The summed E-state index contributed by atoms with van der Waals surface area (Å²) < 4.78 is 7.36. The number of hydrogen-bond donors (Lipinski definition) is 0. The molecule has 0 fully saturated rings. The summed E-state index contributed by atoms with van der Waals surface area (Å²) in [7, 11) is 0. The molecule has 0 unspecified atom stereocenters. The Hall–Kier alpha value is -8.00. The predicted octanol–water partition coefficient (Wildman–Crippen LogP) is 19.5. The first kappa shape index (κ1) is 43.6. The van der Waals surface area contributed by atoms with Crippen molar-refractivity contribution >= 4 is 21.9 Å². The van der Waals surface area contributed by atoms with Crippen molar-refractivity contribution in [2.75, 3.05) is 0 Å². The molecular formula is C68H56O. The SMILES string of the molecule is CC(C)(C)c1cc(-c2cccc(-c3cc(-c4ccccc4)cc(-c4ccccc4)c3)c2)c2oc3c(-c4cccc(-c5cc(-c6ccccc6)cc(-c6ccccc6)c5)c4)cc(C(C)(C)C)cc3c2c1. The van der Waals surface area contributed by atoms with Gasteiger partial charge in [0.2, 0.25) is 0 Å². The van der Waals surface area contributed by atoms with Crippen LogP contribution in [0, 0.1) is 0 Å². The number of benzene rings is 10. The summed E-state index contributed by atoms with van der Waals surface area (Å²) in [6.07, 6.45) is 0. The van der Waals surface area contributed by atoms with Crippen LogP contribution in [0.15, 0.2) is 235 Å². The zero-order chi connectivity index (χ0) is 47.3. The molecule has 0 aliphatic heterocycles. The van der Waals surface area contributed by atoms with Crippen molar-refractivity contribution in [3.05, 3.63) is 242 Å². The zero-order valence-electron chi connectivity index (χ0n) is 40.3. The fourth-order valence-corrected chi connectivity index (χ4v) is 9.78. The molecule has 10 aromatic carbocycles. The van der Waals surface area contributed by atoms with Crippen LogP contribution in [0.25, 0.3) is 111 Å². The molecule has 0 atom stereocenters. The summed E-state index contributed by atoms with van der Waals surface area (Å²) in [5, 5.41) is 2.28. The maximum atomic E-state index is 7.36. The van der Waals surface area contributed by atoms with Gasteiger partial charge in [-0.15, -0.1) is 0 Å². The summed E-state index contributed by atoms with van der Waals surface area (Å²) >= 11 is 0. The van der Waals surface area contributed by atoms with E-state index >= 15 is 0 Å². The van der Waals surface area contributed by atoms with Gasteiger partial charge in [0.25, 0.3) is 0 Å². The van der Waals surface area contributed by atoms with E-state index in [9.17, 15) is 0 Å². The van der Waals surface area contributed by atoms with Crippen LogP contribution in [-0.4, -0.2) is 0 Å². The molecule has 11 rings (SSSR count). The molecule has 0 N–H and O–H groups in total. The van der Waals surface area contributed by atoms with Gasteiger partial charge < -0.3 is 4.42 Å². The number of furan rings is 1. The number of fused-ring (bicyclic) bond motifs is 3. The van der Waals surface area contributed by atoms with Gasteiger partial charge in [-0.3, -0.25) is 0 Å². The molecule has 69 heavy (non-hydrogen) atoms. The second-order valence-electron chi connectivity index (χ2n) is 20.6. The second kappa shape index (κ2) is 17.6. The van der Waals surface area contributed by atoms with Crippen molar-refractivity contribution in [1.29, 1.82) is 0 Å². The maximum absolute atomic E-state index is 7.36. The molecule has 0 bridgehead atoms. The van der Waals surface area contributed by atoms with Crippen molar-refractivity contribution in [3.8, 4) is 89.0 Å². The van der Waals surface area contributed by atoms with Gasteiger partial charge in [-0.1, -0.05) is 199 Å². The molecule has 0 radical (unpaired) electrons. The Morgan fingerprint density at radius 3 is 0.768 bits per heavy atom. The quantitative estimate of drug-likeness (QED) is 0.148. The Morgan fingerprint density at radius 2 is 0.478 bits per heavy atom. The summed E-state index contributed by atoms with van der Waals surface area (Å²) in [6.45, 7) is 13.9. The van der Waals surface area contributed by atoms with Crippen LogP contribution >= 0.6 is 0 Å². The Morgan fingerprint density at radius 1 is 0.232 bits per heavy atom. The van der Waals surface area contributed by atoms with E-state index in [4.69, 9.17) is 4.42 Å². The molecule has 1 nitrogen and oxygen atoms in total. The fraction of sp³-hybridized carbons (Fsp3) is 0.118. The fourth-order valence-electron chi connectivity index (χ4n) is 9.78. The van der Waals surface area contributed by atoms with Crippen LogP contribution in [0.4, 0.5) is 0 Å². The standard InChI is InChI=1S/C68H56O/c1-67(2,3)59-41-61(51-31-19-29-49(33-51)57-37-53(45-21-11-7-12-22-45)35-54(38-57)46-23-13-8-14-24-46)65-63(43-59)64-44-60(68(4,5)6)42-62(66(64)69-65)52-32-20-30-50(34-52)58-39-55(47-25-15-9-16-26-47)36-56(40-58)48-27-17-10-18-28-48/h7-44H,1-6H3. The minimum Gasteiger partial charge on any atom is -0.455 e. The topological polar surface area (TPSA) is 13.1 Å². The van der Waals surface area contributed by atoms with Crippen molar-refractivity contribution < 1.29 is 4.42 Å². The molecule has 1 heteroatoms. The summed E-state index contributed by atoms with van der Waals surface area (Å²) in [5.41, 5.74) is 22.8. The molecule has 0 saturated heterocycles. The molecule has 0 spiro atoms. The monoisotopic (exact) mass is 888 g/mol. The molecule has 0 aliphatic rings. The van der Waals surface area contributed by atoms with E-state index in [0.29, 0.717) is 0 Å². The van der Waals surface area contributed by atoms with Gasteiger partial charge in [0.05, 0.1) is 0 Å². The first-order chi connectivity index (χ1) is 33.4. The Labute approximate surface area is 407 Å². The molecule has 0 amide bonds. The third kappa shape index (κ3) is 8.74. The maximum Gasteiger partial charge on any atom is 0.143 e. The lowest BCUT2D eigenvalue weighted by Gasteiger charge is -2.21. The first-order valence-electron chi connectivity index (χ1n) is 24.2. The normalized spacial score (nSPS) is 11.9. The van der Waals surface area contributed by atoms with E-state index < -0.39 is 0 Å². The van der Waals surface area contributed by atoms with Crippen molar-refractivity contribution in [2.24, 2.45) is 0 Å². The van der Waals surface area contributed by atoms with E-state index in [0.717, 1.165) is 55.3 Å². The van der Waals surface area contributed by atoms with Crippen LogP contribution in [0.3, 0.4) is 0 Å². The van der Waals surface area contributed by atoms with Crippen LogP contribution in [0.5, 0.6) is 0 Å². The third-order valence-electron chi connectivity index (χ3n) is 13.7. The largest absolute Gasteiger partial charge is 0.455 e. The van der Waals surface area contributed by atoms with Crippen molar-refractivity contribution in [3.63, 3.8) is 0 Å². The first-order valence-corrected chi connectivity index (χ1v) is 24.2. The third-order valence-corrected chi connectivity index (χ3v) is 13.7. The number of rotatable bonds is 8. The lowest BCUT2D eigenvalue weighted by molar-refractivity contribution is 0.590. The Kier molecular flexibility index (Phi) is 11.1. The second-order valence-corrected chi connectivity index (χ2v) is 20.6. The summed E-state index contributed by atoms with van der Waals surface area (Å²) in [5.74, 6) is 0. The van der Waals surface area contributed by atoms with Gasteiger partial charge in [0, 0.05) is 21.9 Å². The van der Waals surface area contributed by atoms with E-state index in [1.54, 1.807) is 0 Å². The average molecular weight is 889 g/mol. The van der Waals surface area contributed by atoms with Gasteiger partial charge in [-0.2, -0.15) is 0 Å². The molecule has 334 valence electrons. The van der Waals surface area contributed by atoms with Crippen LogP contribution < -0.4 is 0 Å². The highest BCUT2D eigenvalue weighted by Crippen LogP contribution is 2.46. The highest BCUT2D eigenvalue weighted by atomic mass is 16.3. The molecule has 1 aromatic heterocycles.